The second-order valence-electron chi connectivity index (χ2n) is 5.67. The highest BCUT2D eigenvalue weighted by Crippen LogP contribution is 2.26. The molecule has 3 rings (SSSR count). The molecule has 0 unspecified atom stereocenters. The Morgan fingerprint density at radius 1 is 1.32 bits per heavy atom. The van der Waals surface area contributed by atoms with Crippen LogP contribution in [0.2, 0.25) is 0 Å². The van der Waals surface area contributed by atoms with Crippen molar-refractivity contribution in [2.75, 3.05) is 11.9 Å². The molecule has 0 bridgehead atoms. The minimum atomic E-state index is 0.169. The Bertz CT molecular complexity index is 655. The number of nitrogens with one attached hydrogen (secondary N) is 1. The van der Waals surface area contributed by atoms with Crippen molar-refractivity contribution in [2.24, 2.45) is 0 Å². The highest BCUT2D eigenvalue weighted by Gasteiger charge is 2.26. The number of benzene rings is 1. The lowest BCUT2D eigenvalue weighted by Crippen LogP contribution is -2.24. The summed E-state index contributed by atoms with van der Waals surface area (Å²) < 4.78 is 0. The van der Waals surface area contributed by atoms with Gasteiger partial charge in [0.15, 0.2) is 0 Å². The highest BCUT2D eigenvalue weighted by molar-refractivity contribution is 5.98. The monoisotopic (exact) mass is 295 g/mol. The lowest BCUT2D eigenvalue weighted by molar-refractivity contribution is 0.0776. The van der Waals surface area contributed by atoms with Gasteiger partial charge < -0.3 is 10.2 Å². The number of nitrogens with zero attached hydrogens (tertiary/aromatic N) is 2. The summed E-state index contributed by atoms with van der Waals surface area (Å²) in [5.74, 6) is 0.169. The van der Waals surface area contributed by atoms with Gasteiger partial charge in [-0.25, -0.2) is 0 Å². The maximum atomic E-state index is 12.3. The molecule has 1 aromatic heterocycles. The third-order valence-electron chi connectivity index (χ3n) is 3.99. The van der Waals surface area contributed by atoms with Crippen molar-refractivity contribution in [3.63, 3.8) is 0 Å². The lowest BCUT2D eigenvalue weighted by Gasteiger charge is -2.14. The zero-order chi connectivity index (χ0) is 15.4. The summed E-state index contributed by atoms with van der Waals surface area (Å²) in [4.78, 5) is 18.3. The molecule has 0 radical (unpaired) electrons. The first-order chi connectivity index (χ1) is 10.8. The summed E-state index contributed by atoms with van der Waals surface area (Å²) in [6, 6.07) is 9.99. The number of rotatable bonds is 6. The van der Waals surface area contributed by atoms with Gasteiger partial charge >= 0.3 is 0 Å². The fourth-order valence-electron chi connectivity index (χ4n) is 2.73. The van der Waals surface area contributed by atoms with Gasteiger partial charge in [0.25, 0.3) is 5.91 Å². The van der Waals surface area contributed by atoms with Crippen molar-refractivity contribution in [1.82, 2.24) is 9.88 Å². The lowest BCUT2D eigenvalue weighted by atomic mass is 10.1. The van der Waals surface area contributed by atoms with Crippen LogP contribution in [0.1, 0.15) is 41.3 Å². The normalized spacial score (nSPS) is 13.3. The van der Waals surface area contributed by atoms with Gasteiger partial charge in [0, 0.05) is 43.3 Å². The Morgan fingerprint density at radius 2 is 2.23 bits per heavy atom. The van der Waals surface area contributed by atoms with Crippen molar-refractivity contribution in [3.8, 4) is 0 Å². The third-order valence-corrected chi connectivity index (χ3v) is 3.99. The number of pyridine rings is 1. The number of carbonyl (C=O) groups is 1. The Hall–Kier alpha value is -2.36. The summed E-state index contributed by atoms with van der Waals surface area (Å²) in [7, 11) is 0. The van der Waals surface area contributed by atoms with Crippen LogP contribution in [-0.2, 0) is 13.1 Å². The zero-order valence-electron chi connectivity index (χ0n) is 12.9. The fraction of sp³-hybridized carbons (Fsp3) is 0.333. The van der Waals surface area contributed by atoms with Crippen LogP contribution >= 0.6 is 0 Å². The highest BCUT2D eigenvalue weighted by atomic mass is 16.2. The van der Waals surface area contributed by atoms with Crippen LogP contribution < -0.4 is 5.32 Å². The van der Waals surface area contributed by atoms with E-state index in [1.165, 1.54) is 0 Å². The van der Waals surface area contributed by atoms with E-state index in [0.29, 0.717) is 0 Å². The maximum absolute atomic E-state index is 12.3. The molecular formula is C18H21N3O. The number of hydrogen-bond acceptors (Lipinski definition) is 3. The van der Waals surface area contributed by atoms with Crippen LogP contribution in [0.15, 0.2) is 42.7 Å². The van der Waals surface area contributed by atoms with Crippen molar-refractivity contribution in [3.05, 3.63) is 59.4 Å². The van der Waals surface area contributed by atoms with E-state index in [4.69, 9.17) is 0 Å². The van der Waals surface area contributed by atoms with Gasteiger partial charge in [-0.2, -0.15) is 0 Å². The largest absolute Gasteiger partial charge is 0.381 e. The number of amides is 1. The molecule has 1 amide bonds. The summed E-state index contributed by atoms with van der Waals surface area (Å²) in [6.45, 7) is 4.47. The van der Waals surface area contributed by atoms with Gasteiger partial charge in [-0.05, 0) is 41.8 Å². The number of aromatic nitrogens is 1. The van der Waals surface area contributed by atoms with Crippen LogP contribution in [0.3, 0.4) is 0 Å². The average Bonchev–Trinajstić information content (AvgIpc) is 2.87. The van der Waals surface area contributed by atoms with Gasteiger partial charge in [-0.1, -0.05) is 19.4 Å². The van der Waals surface area contributed by atoms with Gasteiger partial charge in [-0.3, -0.25) is 9.78 Å². The fourth-order valence-corrected chi connectivity index (χ4v) is 2.73. The summed E-state index contributed by atoms with van der Waals surface area (Å²) >= 11 is 0. The topological polar surface area (TPSA) is 45.2 Å². The minimum absolute atomic E-state index is 0.169. The average molecular weight is 295 g/mol. The maximum Gasteiger partial charge on any atom is 0.254 e. The van der Waals surface area contributed by atoms with Crippen molar-refractivity contribution < 1.29 is 4.79 Å². The van der Waals surface area contributed by atoms with E-state index in [0.717, 1.165) is 54.9 Å². The van der Waals surface area contributed by atoms with Gasteiger partial charge in [0.2, 0.25) is 0 Å². The second-order valence-corrected chi connectivity index (χ2v) is 5.67. The van der Waals surface area contributed by atoms with Gasteiger partial charge in [-0.15, -0.1) is 0 Å². The van der Waals surface area contributed by atoms with E-state index in [-0.39, 0.29) is 5.91 Å². The molecule has 1 aromatic carbocycles. The Kier molecular flexibility index (Phi) is 4.37. The quantitative estimate of drug-likeness (QED) is 0.888. The van der Waals surface area contributed by atoms with Crippen molar-refractivity contribution in [1.29, 1.82) is 0 Å². The first-order valence-corrected chi connectivity index (χ1v) is 7.83. The molecule has 1 N–H and O–H groups in total. The third kappa shape index (κ3) is 3.11. The number of unbranched alkanes of at least 4 members (excludes halogenated alkanes) is 1. The van der Waals surface area contributed by atoms with Gasteiger partial charge in [0.1, 0.15) is 0 Å². The summed E-state index contributed by atoms with van der Waals surface area (Å²) in [5.41, 5.74) is 4.16. The molecule has 1 aliphatic rings. The number of fused-ring (bicyclic) bond motifs is 1. The molecular weight excluding hydrogens is 274 g/mol. The molecule has 0 aliphatic carbocycles. The molecule has 0 saturated carbocycles. The smallest absolute Gasteiger partial charge is 0.254 e. The first-order valence-electron chi connectivity index (χ1n) is 7.83. The van der Waals surface area contributed by atoms with E-state index < -0.39 is 0 Å². The van der Waals surface area contributed by atoms with Crippen molar-refractivity contribution in [2.45, 2.75) is 32.9 Å². The molecule has 4 heteroatoms. The summed E-state index contributed by atoms with van der Waals surface area (Å²) in [6.07, 6.45) is 5.80. The predicted octanol–water partition coefficient (Wildman–Crippen LogP) is 3.45. The summed E-state index contributed by atoms with van der Waals surface area (Å²) in [5, 5.41) is 3.39. The van der Waals surface area contributed by atoms with Crippen LogP contribution in [-0.4, -0.2) is 22.3 Å². The van der Waals surface area contributed by atoms with Gasteiger partial charge in [0.05, 0.1) is 0 Å². The van der Waals surface area contributed by atoms with Crippen LogP contribution in [0.5, 0.6) is 0 Å². The molecule has 4 nitrogen and oxygen atoms in total. The molecule has 22 heavy (non-hydrogen) atoms. The van der Waals surface area contributed by atoms with E-state index in [9.17, 15) is 4.79 Å². The first kappa shape index (κ1) is 14.6. The SMILES string of the molecule is CCCCN1Cc2cc(NCc3cccnc3)ccc2C1=O. The second kappa shape index (κ2) is 6.60. The molecule has 2 heterocycles. The molecule has 0 fully saturated rings. The van der Waals surface area contributed by atoms with Crippen molar-refractivity contribution >= 4 is 11.6 Å². The van der Waals surface area contributed by atoms with Crippen LogP contribution in [0, 0.1) is 0 Å². The zero-order valence-corrected chi connectivity index (χ0v) is 12.9. The Balaban J connectivity index is 1.67. The number of anilines is 1. The number of carbonyl (C=O) groups excluding carboxylic acids is 1. The minimum Gasteiger partial charge on any atom is -0.381 e. The standard InChI is InChI=1S/C18H21N3O/c1-2-3-9-21-13-15-10-16(6-7-17(15)18(21)22)20-12-14-5-4-8-19-11-14/h4-8,10-11,20H,2-3,9,12-13H2,1H3. The molecule has 0 spiro atoms. The van der Waals surface area contributed by atoms with E-state index in [1.807, 2.05) is 35.4 Å². The van der Waals surface area contributed by atoms with E-state index >= 15 is 0 Å². The van der Waals surface area contributed by atoms with Crippen LogP contribution in [0.4, 0.5) is 5.69 Å². The van der Waals surface area contributed by atoms with E-state index in [2.05, 4.69) is 23.3 Å². The molecule has 2 aromatic rings. The molecule has 114 valence electrons. The molecule has 0 saturated heterocycles. The Morgan fingerprint density at radius 3 is 3.00 bits per heavy atom. The van der Waals surface area contributed by atoms with E-state index in [1.54, 1.807) is 6.20 Å². The predicted molar refractivity (Wildman–Crippen MR) is 87.7 cm³/mol. The molecule has 1 aliphatic heterocycles. The Labute approximate surface area is 131 Å². The van der Waals surface area contributed by atoms with Crippen LogP contribution in [0.25, 0.3) is 0 Å². The molecule has 0 atom stereocenters. The number of hydrogen-bond donors (Lipinski definition) is 1.